The SMILES string of the molecule is Cc1ccc(C)c(SCc2nnc(-c3ccccc3)o2)c1. The monoisotopic (exact) mass is 296 g/mol. The Bertz CT molecular complexity index is 738. The summed E-state index contributed by atoms with van der Waals surface area (Å²) in [6.07, 6.45) is 0. The topological polar surface area (TPSA) is 38.9 Å². The standard InChI is InChI=1S/C17H16N2OS/c1-12-8-9-13(2)15(10-12)21-11-16-18-19-17(20-16)14-6-4-3-5-7-14/h3-10H,11H2,1-2H3. The van der Waals surface area contributed by atoms with Crippen molar-refractivity contribution in [2.24, 2.45) is 0 Å². The van der Waals surface area contributed by atoms with E-state index in [9.17, 15) is 0 Å². The minimum Gasteiger partial charge on any atom is -0.420 e. The molecule has 0 aliphatic carbocycles. The van der Waals surface area contributed by atoms with Crippen molar-refractivity contribution < 1.29 is 4.42 Å². The number of hydrogen-bond donors (Lipinski definition) is 0. The maximum absolute atomic E-state index is 5.72. The maximum atomic E-state index is 5.72. The van der Waals surface area contributed by atoms with Gasteiger partial charge >= 0.3 is 0 Å². The molecule has 0 atom stereocenters. The molecule has 0 unspecified atom stereocenters. The third-order valence-electron chi connectivity index (χ3n) is 3.18. The lowest BCUT2D eigenvalue weighted by Gasteiger charge is -2.04. The fourth-order valence-electron chi connectivity index (χ4n) is 2.01. The highest BCUT2D eigenvalue weighted by Gasteiger charge is 2.09. The van der Waals surface area contributed by atoms with Gasteiger partial charge in [-0.15, -0.1) is 22.0 Å². The first kappa shape index (κ1) is 13.9. The van der Waals surface area contributed by atoms with Gasteiger partial charge in [-0.05, 0) is 37.6 Å². The molecular weight excluding hydrogens is 280 g/mol. The largest absolute Gasteiger partial charge is 0.420 e. The van der Waals surface area contributed by atoms with E-state index in [-0.39, 0.29) is 0 Å². The summed E-state index contributed by atoms with van der Waals surface area (Å²) in [7, 11) is 0. The lowest BCUT2D eigenvalue weighted by atomic mass is 10.2. The Kier molecular flexibility index (Phi) is 4.06. The maximum Gasteiger partial charge on any atom is 0.247 e. The van der Waals surface area contributed by atoms with Gasteiger partial charge < -0.3 is 4.42 Å². The van der Waals surface area contributed by atoms with Gasteiger partial charge in [0.1, 0.15) is 0 Å². The van der Waals surface area contributed by atoms with Crippen LogP contribution in [0.15, 0.2) is 57.8 Å². The van der Waals surface area contributed by atoms with E-state index < -0.39 is 0 Å². The summed E-state index contributed by atoms with van der Waals surface area (Å²) in [6.45, 7) is 4.22. The number of aromatic nitrogens is 2. The first-order chi connectivity index (χ1) is 10.2. The van der Waals surface area contributed by atoms with Crippen molar-refractivity contribution in [3.63, 3.8) is 0 Å². The molecular formula is C17H16N2OS. The third-order valence-corrected chi connectivity index (χ3v) is 4.32. The van der Waals surface area contributed by atoms with E-state index in [0.717, 1.165) is 5.56 Å². The molecule has 0 saturated heterocycles. The molecule has 0 aliphatic heterocycles. The zero-order valence-electron chi connectivity index (χ0n) is 12.0. The smallest absolute Gasteiger partial charge is 0.247 e. The lowest BCUT2D eigenvalue weighted by molar-refractivity contribution is 0.528. The molecule has 3 rings (SSSR count). The van der Waals surface area contributed by atoms with Gasteiger partial charge in [0.15, 0.2) is 0 Å². The summed E-state index contributed by atoms with van der Waals surface area (Å²) in [5.41, 5.74) is 3.49. The van der Waals surface area contributed by atoms with Gasteiger partial charge in [-0.3, -0.25) is 0 Å². The molecule has 0 saturated carbocycles. The number of benzene rings is 2. The van der Waals surface area contributed by atoms with Crippen LogP contribution in [0.1, 0.15) is 17.0 Å². The molecule has 0 radical (unpaired) electrons. The Balaban J connectivity index is 1.72. The fraction of sp³-hybridized carbons (Fsp3) is 0.176. The molecule has 1 aromatic heterocycles. The molecule has 0 bridgehead atoms. The summed E-state index contributed by atoms with van der Waals surface area (Å²) in [6, 6.07) is 16.3. The van der Waals surface area contributed by atoms with Gasteiger partial charge in [0, 0.05) is 10.5 Å². The Morgan fingerprint density at radius 1 is 1.00 bits per heavy atom. The van der Waals surface area contributed by atoms with Crippen LogP contribution in [0.3, 0.4) is 0 Å². The molecule has 4 heteroatoms. The van der Waals surface area contributed by atoms with E-state index in [4.69, 9.17) is 4.42 Å². The van der Waals surface area contributed by atoms with E-state index in [1.165, 1.54) is 16.0 Å². The van der Waals surface area contributed by atoms with E-state index >= 15 is 0 Å². The first-order valence-electron chi connectivity index (χ1n) is 6.80. The van der Waals surface area contributed by atoms with Crippen LogP contribution >= 0.6 is 11.8 Å². The van der Waals surface area contributed by atoms with Crippen LogP contribution in [0.25, 0.3) is 11.5 Å². The molecule has 3 nitrogen and oxygen atoms in total. The summed E-state index contributed by atoms with van der Waals surface area (Å²) in [5.74, 6) is 1.91. The van der Waals surface area contributed by atoms with Crippen molar-refractivity contribution in [3.8, 4) is 11.5 Å². The predicted molar refractivity (Wildman–Crippen MR) is 85.2 cm³/mol. The van der Waals surface area contributed by atoms with E-state index in [2.05, 4.69) is 42.2 Å². The number of rotatable bonds is 4. The highest BCUT2D eigenvalue weighted by molar-refractivity contribution is 7.98. The Morgan fingerprint density at radius 3 is 2.62 bits per heavy atom. The van der Waals surface area contributed by atoms with Crippen molar-refractivity contribution in [2.75, 3.05) is 0 Å². The van der Waals surface area contributed by atoms with Gasteiger partial charge in [0.2, 0.25) is 11.8 Å². The van der Waals surface area contributed by atoms with Crippen LogP contribution in [-0.2, 0) is 5.75 Å². The van der Waals surface area contributed by atoms with Crippen LogP contribution < -0.4 is 0 Å². The molecule has 0 N–H and O–H groups in total. The Hall–Kier alpha value is -2.07. The number of hydrogen-bond acceptors (Lipinski definition) is 4. The number of thioether (sulfide) groups is 1. The molecule has 3 aromatic rings. The Labute approximate surface area is 128 Å². The molecule has 1 heterocycles. The zero-order valence-corrected chi connectivity index (χ0v) is 12.9. The van der Waals surface area contributed by atoms with Crippen molar-refractivity contribution >= 4 is 11.8 Å². The molecule has 106 valence electrons. The van der Waals surface area contributed by atoms with Crippen LogP contribution in [0.4, 0.5) is 0 Å². The molecule has 0 spiro atoms. The zero-order chi connectivity index (χ0) is 14.7. The summed E-state index contributed by atoms with van der Waals surface area (Å²) >= 11 is 1.73. The molecule has 0 amide bonds. The second-order valence-electron chi connectivity index (χ2n) is 4.92. The minimum absolute atomic E-state index is 0.576. The van der Waals surface area contributed by atoms with E-state index in [1.54, 1.807) is 11.8 Å². The predicted octanol–water partition coefficient (Wildman–Crippen LogP) is 4.65. The highest BCUT2D eigenvalue weighted by atomic mass is 32.2. The molecule has 21 heavy (non-hydrogen) atoms. The van der Waals surface area contributed by atoms with Crippen molar-refractivity contribution in [1.29, 1.82) is 0 Å². The van der Waals surface area contributed by atoms with Gasteiger partial charge in [0.25, 0.3) is 0 Å². The second-order valence-corrected chi connectivity index (χ2v) is 5.94. The fourth-order valence-corrected chi connectivity index (χ4v) is 2.97. The van der Waals surface area contributed by atoms with Gasteiger partial charge in [-0.25, -0.2) is 0 Å². The molecule has 2 aromatic carbocycles. The van der Waals surface area contributed by atoms with Gasteiger partial charge in [-0.1, -0.05) is 35.9 Å². The minimum atomic E-state index is 0.576. The highest BCUT2D eigenvalue weighted by Crippen LogP contribution is 2.27. The number of aryl methyl sites for hydroxylation is 2. The van der Waals surface area contributed by atoms with Gasteiger partial charge in [0.05, 0.1) is 5.75 Å². The molecule has 0 aliphatic rings. The quantitative estimate of drug-likeness (QED) is 0.657. The van der Waals surface area contributed by atoms with Crippen molar-refractivity contribution in [2.45, 2.75) is 24.5 Å². The van der Waals surface area contributed by atoms with Crippen molar-refractivity contribution in [1.82, 2.24) is 10.2 Å². The summed E-state index contributed by atoms with van der Waals surface area (Å²) in [5, 5.41) is 8.23. The van der Waals surface area contributed by atoms with Crippen molar-refractivity contribution in [3.05, 3.63) is 65.5 Å². The normalized spacial score (nSPS) is 10.8. The summed E-state index contributed by atoms with van der Waals surface area (Å²) < 4.78 is 5.72. The average molecular weight is 296 g/mol. The van der Waals surface area contributed by atoms with Crippen LogP contribution in [0.2, 0.25) is 0 Å². The lowest BCUT2D eigenvalue weighted by Crippen LogP contribution is -1.84. The first-order valence-corrected chi connectivity index (χ1v) is 7.79. The summed E-state index contributed by atoms with van der Waals surface area (Å²) in [4.78, 5) is 1.26. The Morgan fingerprint density at radius 2 is 1.81 bits per heavy atom. The van der Waals surface area contributed by atoms with Crippen LogP contribution in [-0.4, -0.2) is 10.2 Å². The third kappa shape index (κ3) is 3.34. The van der Waals surface area contributed by atoms with E-state index in [1.807, 2.05) is 30.3 Å². The van der Waals surface area contributed by atoms with Gasteiger partial charge in [-0.2, -0.15) is 0 Å². The molecule has 0 fully saturated rings. The van der Waals surface area contributed by atoms with Crippen LogP contribution in [0, 0.1) is 13.8 Å². The second kappa shape index (κ2) is 6.14. The van der Waals surface area contributed by atoms with Crippen LogP contribution in [0.5, 0.6) is 0 Å². The van der Waals surface area contributed by atoms with E-state index in [0.29, 0.717) is 17.5 Å². The average Bonchev–Trinajstić information content (AvgIpc) is 2.98. The number of nitrogens with zero attached hydrogens (tertiary/aromatic N) is 2.